The quantitative estimate of drug-likeness (QED) is 0.586. The molecule has 1 aromatic heterocycles. The predicted octanol–water partition coefficient (Wildman–Crippen LogP) is 1.05. The van der Waals surface area contributed by atoms with Gasteiger partial charge in [0.1, 0.15) is 17.6 Å². The molecule has 8 heteroatoms. The molecule has 0 saturated carbocycles. The summed E-state index contributed by atoms with van der Waals surface area (Å²) in [5, 5.41) is 22.5. The van der Waals surface area contributed by atoms with E-state index in [-0.39, 0.29) is 23.1 Å². The van der Waals surface area contributed by atoms with Crippen molar-refractivity contribution in [1.29, 1.82) is 0 Å². The number of aromatic carboxylic acids is 1. The Morgan fingerprint density at radius 3 is 2.74 bits per heavy atom. The second kappa shape index (κ2) is 6.10. The molecule has 0 fully saturated rings. The van der Waals surface area contributed by atoms with Crippen molar-refractivity contribution >= 4 is 17.5 Å². The van der Waals surface area contributed by atoms with E-state index < -0.39 is 10.9 Å². The van der Waals surface area contributed by atoms with Gasteiger partial charge in [-0.05, 0) is 21.0 Å². The highest BCUT2D eigenvalue weighted by Gasteiger charge is 2.18. The second-order valence-corrected chi connectivity index (χ2v) is 4.35. The molecule has 0 bridgehead atoms. The molecule has 2 N–H and O–H groups in total. The lowest BCUT2D eigenvalue weighted by molar-refractivity contribution is -0.385. The number of nitro groups is 1. The third-order valence-corrected chi connectivity index (χ3v) is 2.76. The smallest absolute Gasteiger partial charge is 0.339 e. The van der Waals surface area contributed by atoms with Crippen LogP contribution in [0.2, 0.25) is 0 Å². The number of hydrogen-bond donors (Lipinski definition) is 2. The van der Waals surface area contributed by atoms with E-state index in [4.69, 9.17) is 5.11 Å². The topological polar surface area (TPSA) is 109 Å². The zero-order valence-electron chi connectivity index (χ0n) is 11.0. The first-order valence-electron chi connectivity index (χ1n) is 5.61. The molecule has 0 amide bonds. The van der Waals surface area contributed by atoms with Gasteiger partial charge in [0, 0.05) is 18.7 Å². The Kier molecular flexibility index (Phi) is 4.76. The number of likely N-dealkylation sites (N-methyl/N-ethyl adjacent to an activating group) is 1. The molecular formula is C11H16N4O4. The standard InChI is InChI=1S/C11H16N4O4/c1-7(14(2)3)5-12-10-9(11(16)17)4-8(6-13-10)15(18)19/h4,6-7H,5H2,1-3H3,(H,12,13)(H,16,17). The summed E-state index contributed by atoms with van der Waals surface area (Å²) >= 11 is 0. The average Bonchev–Trinajstić information content (AvgIpc) is 2.35. The van der Waals surface area contributed by atoms with Gasteiger partial charge in [0.2, 0.25) is 0 Å². The van der Waals surface area contributed by atoms with E-state index in [0.717, 1.165) is 12.3 Å². The fraction of sp³-hybridized carbons (Fsp3) is 0.455. The highest BCUT2D eigenvalue weighted by Crippen LogP contribution is 2.19. The van der Waals surface area contributed by atoms with Gasteiger partial charge in [-0.25, -0.2) is 9.78 Å². The molecular weight excluding hydrogens is 252 g/mol. The van der Waals surface area contributed by atoms with Gasteiger partial charge in [-0.3, -0.25) is 10.1 Å². The number of pyridine rings is 1. The van der Waals surface area contributed by atoms with Crippen molar-refractivity contribution in [2.75, 3.05) is 26.0 Å². The number of anilines is 1. The van der Waals surface area contributed by atoms with Gasteiger partial charge in [-0.2, -0.15) is 0 Å². The van der Waals surface area contributed by atoms with Crippen LogP contribution in [0.5, 0.6) is 0 Å². The number of carboxylic acid groups (broad SMARTS) is 1. The van der Waals surface area contributed by atoms with Crippen LogP contribution in [-0.2, 0) is 0 Å². The summed E-state index contributed by atoms with van der Waals surface area (Å²) in [4.78, 5) is 26.7. The van der Waals surface area contributed by atoms with Crippen LogP contribution in [0, 0.1) is 10.1 Å². The maximum Gasteiger partial charge on any atom is 0.339 e. The lowest BCUT2D eigenvalue weighted by Crippen LogP contribution is -2.32. The molecule has 1 rings (SSSR count). The van der Waals surface area contributed by atoms with Crippen molar-refractivity contribution in [1.82, 2.24) is 9.88 Å². The fourth-order valence-electron chi connectivity index (χ4n) is 1.28. The van der Waals surface area contributed by atoms with Crippen molar-refractivity contribution in [3.8, 4) is 0 Å². The van der Waals surface area contributed by atoms with Gasteiger partial charge in [-0.1, -0.05) is 0 Å². The van der Waals surface area contributed by atoms with Crippen LogP contribution in [-0.4, -0.2) is 52.6 Å². The molecule has 1 atom stereocenters. The molecule has 1 unspecified atom stereocenters. The summed E-state index contributed by atoms with van der Waals surface area (Å²) in [5.74, 6) is -1.12. The minimum Gasteiger partial charge on any atom is -0.478 e. The molecule has 1 heterocycles. The molecule has 19 heavy (non-hydrogen) atoms. The monoisotopic (exact) mass is 268 g/mol. The molecule has 0 aliphatic carbocycles. The Bertz CT molecular complexity index is 490. The molecule has 8 nitrogen and oxygen atoms in total. The summed E-state index contributed by atoms with van der Waals surface area (Å²) in [6.07, 6.45) is 1.04. The zero-order valence-corrected chi connectivity index (χ0v) is 11.0. The highest BCUT2D eigenvalue weighted by atomic mass is 16.6. The first kappa shape index (κ1) is 14.8. The van der Waals surface area contributed by atoms with E-state index in [2.05, 4.69) is 10.3 Å². The number of rotatable bonds is 6. The van der Waals surface area contributed by atoms with E-state index in [1.807, 2.05) is 25.9 Å². The number of hydrogen-bond acceptors (Lipinski definition) is 6. The lowest BCUT2D eigenvalue weighted by Gasteiger charge is -2.20. The number of nitrogens with one attached hydrogen (secondary N) is 1. The normalized spacial score (nSPS) is 12.2. The first-order valence-corrected chi connectivity index (χ1v) is 5.61. The Labute approximate surface area is 110 Å². The molecule has 0 radical (unpaired) electrons. The molecule has 104 valence electrons. The average molecular weight is 268 g/mol. The van der Waals surface area contributed by atoms with E-state index in [0.29, 0.717) is 6.54 Å². The Balaban J connectivity index is 2.94. The third-order valence-electron chi connectivity index (χ3n) is 2.76. The van der Waals surface area contributed by atoms with E-state index in [1.54, 1.807) is 0 Å². The van der Waals surface area contributed by atoms with E-state index in [1.165, 1.54) is 0 Å². The van der Waals surface area contributed by atoms with Gasteiger partial charge >= 0.3 is 5.97 Å². The maximum atomic E-state index is 11.1. The Morgan fingerprint density at radius 1 is 1.63 bits per heavy atom. The first-order chi connectivity index (χ1) is 8.82. The summed E-state index contributed by atoms with van der Waals surface area (Å²) in [6.45, 7) is 2.44. The molecule has 0 aliphatic heterocycles. The van der Waals surface area contributed by atoms with E-state index >= 15 is 0 Å². The van der Waals surface area contributed by atoms with Gasteiger partial charge < -0.3 is 15.3 Å². The van der Waals surface area contributed by atoms with Gasteiger partial charge in [0.25, 0.3) is 5.69 Å². The van der Waals surface area contributed by atoms with Crippen LogP contribution in [0.3, 0.4) is 0 Å². The number of nitrogens with zero attached hydrogens (tertiary/aromatic N) is 3. The largest absolute Gasteiger partial charge is 0.478 e. The number of carboxylic acids is 1. The van der Waals surface area contributed by atoms with E-state index in [9.17, 15) is 14.9 Å². The third kappa shape index (κ3) is 3.88. The maximum absolute atomic E-state index is 11.1. The summed E-state index contributed by atoms with van der Waals surface area (Å²) in [6, 6.07) is 1.16. The predicted molar refractivity (Wildman–Crippen MR) is 69.5 cm³/mol. The van der Waals surface area contributed by atoms with Crippen molar-refractivity contribution < 1.29 is 14.8 Å². The van der Waals surface area contributed by atoms with Crippen LogP contribution >= 0.6 is 0 Å². The molecule has 0 aromatic carbocycles. The fourth-order valence-corrected chi connectivity index (χ4v) is 1.28. The highest BCUT2D eigenvalue weighted by molar-refractivity contribution is 5.93. The van der Waals surface area contributed by atoms with Crippen molar-refractivity contribution in [3.05, 3.63) is 27.9 Å². The minimum atomic E-state index is -1.25. The molecule has 0 saturated heterocycles. The van der Waals surface area contributed by atoms with Crippen molar-refractivity contribution in [2.45, 2.75) is 13.0 Å². The lowest BCUT2D eigenvalue weighted by atomic mass is 10.2. The van der Waals surface area contributed by atoms with Gasteiger partial charge in [0.15, 0.2) is 0 Å². The van der Waals surface area contributed by atoms with Crippen molar-refractivity contribution in [3.63, 3.8) is 0 Å². The van der Waals surface area contributed by atoms with Gasteiger partial charge in [0.05, 0.1) is 4.92 Å². The summed E-state index contributed by atoms with van der Waals surface area (Å²) in [7, 11) is 3.79. The Morgan fingerprint density at radius 2 is 2.26 bits per heavy atom. The Hall–Kier alpha value is -2.22. The van der Waals surface area contributed by atoms with Crippen LogP contribution in [0.15, 0.2) is 12.3 Å². The van der Waals surface area contributed by atoms with Crippen LogP contribution < -0.4 is 5.32 Å². The van der Waals surface area contributed by atoms with Crippen LogP contribution in [0.25, 0.3) is 0 Å². The second-order valence-electron chi connectivity index (χ2n) is 4.35. The number of aromatic nitrogens is 1. The van der Waals surface area contributed by atoms with Gasteiger partial charge in [-0.15, -0.1) is 0 Å². The molecule has 0 spiro atoms. The zero-order chi connectivity index (χ0) is 14.6. The van der Waals surface area contributed by atoms with Crippen LogP contribution in [0.4, 0.5) is 11.5 Å². The SMILES string of the molecule is CC(CNc1ncc([N+](=O)[O-])cc1C(=O)O)N(C)C. The molecule has 1 aromatic rings. The van der Waals surface area contributed by atoms with Crippen LogP contribution in [0.1, 0.15) is 17.3 Å². The molecule has 0 aliphatic rings. The summed E-state index contributed by atoms with van der Waals surface area (Å²) < 4.78 is 0. The minimum absolute atomic E-state index is 0.131. The summed E-state index contributed by atoms with van der Waals surface area (Å²) in [5.41, 5.74) is -0.552. The number of carbonyl (C=O) groups is 1. The van der Waals surface area contributed by atoms with Crippen molar-refractivity contribution in [2.24, 2.45) is 0 Å².